The quantitative estimate of drug-likeness (QED) is 0.0435. The number of nitrogens with zero attached hydrogens (tertiary/aromatic N) is 2. The molecule has 1 heterocycles. The van der Waals surface area contributed by atoms with Crippen molar-refractivity contribution in [2.45, 2.75) is 160 Å². The molecule has 0 saturated heterocycles. The van der Waals surface area contributed by atoms with E-state index in [1.54, 1.807) is 25.9 Å². The van der Waals surface area contributed by atoms with E-state index in [4.69, 9.17) is 14.3 Å². The Balaban J connectivity index is 1.11. The highest BCUT2D eigenvalue weighted by atomic mass is 28.4. The van der Waals surface area contributed by atoms with Gasteiger partial charge in [-0.3, -0.25) is 19.5 Å². The summed E-state index contributed by atoms with van der Waals surface area (Å²) in [5.41, 5.74) is 3.70. The zero-order chi connectivity index (χ0) is 53.7. The Labute approximate surface area is 424 Å². The van der Waals surface area contributed by atoms with Crippen LogP contribution in [0.1, 0.15) is 120 Å². The molecule has 2 saturated carbocycles. The highest BCUT2D eigenvalue weighted by molar-refractivity contribution is 6.74. The number of aliphatic carboxylic acids is 1. The molecule has 2 fully saturated rings. The molecule has 0 bridgehead atoms. The van der Waals surface area contributed by atoms with E-state index < -0.39 is 61.4 Å². The van der Waals surface area contributed by atoms with Crippen molar-refractivity contribution in [2.75, 3.05) is 11.9 Å². The molecule has 1 unspecified atom stereocenters. The predicted molar refractivity (Wildman–Crippen MR) is 271 cm³/mol. The van der Waals surface area contributed by atoms with Gasteiger partial charge in [-0.25, -0.2) is 14.6 Å². The summed E-state index contributed by atoms with van der Waals surface area (Å²) in [6.45, 7) is 19.0. The van der Waals surface area contributed by atoms with E-state index in [1.165, 1.54) is 24.3 Å². The van der Waals surface area contributed by atoms with Gasteiger partial charge in [0, 0.05) is 47.8 Å². The number of rotatable bonds is 17. The van der Waals surface area contributed by atoms with Crippen molar-refractivity contribution in [3.8, 4) is 22.5 Å². The molecular formula is C53H69F4N7O8Si. The monoisotopic (exact) mass is 1040 g/mol. The molecule has 2 aliphatic rings. The number of anilines is 1. The number of aromatic amines is 1. The van der Waals surface area contributed by atoms with E-state index in [-0.39, 0.29) is 58.5 Å². The zero-order valence-corrected chi connectivity index (χ0v) is 44.0. The number of alkyl carbamates (subject to hydrolysis) is 1. The van der Waals surface area contributed by atoms with E-state index in [0.717, 1.165) is 47.9 Å². The fourth-order valence-corrected chi connectivity index (χ4v) is 10.2. The second-order valence-electron chi connectivity index (χ2n) is 21.9. The van der Waals surface area contributed by atoms with Crippen LogP contribution in [0.15, 0.2) is 66.7 Å². The van der Waals surface area contributed by atoms with Crippen LogP contribution in [0.5, 0.6) is 0 Å². The van der Waals surface area contributed by atoms with Crippen LogP contribution in [0.3, 0.4) is 0 Å². The minimum Gasteiger partial charge on any atom is -0.477 e. The van der Waals surface area contributed by atoms with Gasteiger partial charge in [-0.1, -0.05) is 51.1 Å². The third-order valence-electron chi connectivity index (χ3n) is 14.1. The molecule has 4 aromatic rings. The molecule has 0 aliphatic heterocycles. The van der Waals surface area contributed by atoms with Gasteiger partial charge in [-0.2, -0.15) is 22.7 Å². The lowest BCUT2D eigenvalue weighted by molar-refractivity contribution is -0.231. The molecule has 6 rings (SSSR count). The second-order valence-corrected chi connectivity index (χ2v) is 26.7. The Kier molecular flexibility index (Phi) is 17.3. The summed E-state index contributed by atoms with van der Waals surface area (Å²) in [6, 6.07) is 17.7. The molecule has 2 aliphatic carbocycles. The summed E-state index contributed by atoms with van der Waals surface area (Å²) < 4.78 is 68.4. The molecule has 1 atom stereocenters. The summed E-state index contributed by atoms with van der Waals surface area (Å²) in [5, 5.41) is 25.8. The molecule has 3 aromatic carbocycles. The number of halogens is 4. The lowest BCUT2D eigenvalue weighted by atomic mass is 9.81. The van der Waals surface area contributed by atoms with Gasteiger partial charge in [0.1, 0.15) is 11.6 Å². The first-order valence-electron chi connectivity index (χ1n) is 24.8. The molecule has 20 heteroatoms. The lowest BCUT2D eigenvalue weighted by Crippen LogP contribution is -2.48. The second kappa shape index (κ2) is 22.5. The first kappa shape index (κ1) is 56.1. The molecule has 0 radical (unpaired) electrons. The number of benzene rings is 3. The summed E-state index contributed by atoms with van der Waals surface area (Å²) in [4.78, 5) is 67.8. The maximum absolute atomic E-state index is 14.4. The van der Waals surface area contributed by atoms with Gasteiger partial charge < -0.3 is 35.5 Å². The average molecular weight is 1040 g/mol. The van der Waals surface area contributed by atoms with Crippen LogP contribution < -0.4 is 21.3 Å². The SMILES string of the molecule is Cc1cc(C(=O)NC2CCC(O[Si](C)(C)C(C)(C)C)CC2)ccc1-c1ccc(CC(NC(=O)C2CCC(CNC(=O)OC(C)(C)C)CC2)C(=O)Nc2ccc(-c3n[nH]c(C(F)(F)C(F)(F)C(=O)O)n3)cc2)cc1. The molecule has 0 spiro atoms. The van der Waals surface area contributed by atoms with E-state index in [0.29, 0.717) is 37.8 Å². The Hall–Kier alpha value is -6.15. The lowest BCUT2D eigenvalue weighted by Gasteiger charge is -2.41. The van der Waals surface area contributed by atoms with Gasteiger partial charge in [-0.05, 0) is 162 Å². The first-order valence-corrected chi connectivity index (χ1v) is 27.7. The number of carbonyl (C=O) groups is 5. The number of carboxylic acids is 1. The number of hydrogen-bond acceptors (Lipinski definition) is 9. The van der Waals surface area contributed by atoms with Crippen molar-refractivity contribution in [1.82, 2.24) is 31.1 Å². The number of carboxylic acid groups (broad SMARTS) is 1. The van der Waals surface area contributed by atoms with Crippen molar-refractivity contribution >= 4 is 43.8 Å². The number of nitrogens with one attached hydrogen (secondary N) is 5. The highest BCUT2D eigenvalue weighted by Crippen LogP contribution is 2.42. The highest BCUT2D eigenvalue weighted by Gasteiger charge is 2.65. The summed E-state index contributed by atoms with van der Waals surface area (Å²) >= 11 is 0. The minimum atomic E-state index is -5.46. The fraction of sp³-hybridized carbons (Fsp3) is 0.528. The van der Waals surface area contributed by atoms with Crippen LogP contribution in [0, 0.1) is 18.8 Å². The summed E-state index contributed by atoms with van der Waals surface area (Å²) in [7, 11) is -1.88. The topological polar surface area (TPSA) is 214 Å². The number of H-pyrrole nitrogens is 1. The standard InChI is InChI=1S/C53H69F4N7O8Si/c1-31-28-37(45(66)59-39-23-25-40(26-24-39)72-73(8,9)51(5,6)7)20-27-41(31)34-14-10-32(11-15-34)29-42(61-44(65)36-16-12-33(13-17-36)30-58-49(70)71-50(2,3)4)46(67)60-38-21-18-35(19-22-38)43-62-47(64-63-43)52(54,55)53(56,57)48(68)69/h10-11,14-15,18-22,27-28,33,36,39-40,42H,12-13,16-17,23-26,29-30H2,1-9H3,(H,58,70)(H,59,66)(H,60,67)(H,61,65)(H,68,69)(H,62,63,64). The average Bonchev–Trinajstić information content (AvgIpc) is 3.82. The van der Waals surface area contributed by atoms with Gasteiger partial charge >= 0.3 is 23.9 Å². The van der Waals surface area contributed by atoms with Crippen LogP contribution in [0.4, 0.5) is 28.0 Å². The maximum atomic E-state index is 14.4. The number of hydrogen-bond donors (Lipinski definition) is 6. The van der Waals surface area contributed by atoms with Crippen molar-refractivity contribution in [1.29, 1.82) is 0 Å². The van der Waals surface area contributed by atoms with Gasteiger partial charge in [0.2, 0.25) is 17.6 Å². The number of alkyl halides is 4. The van der Waals surface area contributed by atoms with Crippen LogP contribution in [-0.2, 0) is 35.9 Å². The van der Waals surface area contributed by atoms with Crippen molar-refractivity contribution in [3.05, 3.63) is 89.2 Å². The van der Waals surface area contributed by atoms with E-state index in [9.17, 15) is 41.5 Å². The van der Waals surface area contributed by atoms with Crippen molar-refractivity contribution in [2.24, 2.45) is 11.8 Å². The van der Waals surface area contributed by atoms with Gasteiger partial charge in [0.25, 0.3) is 5.91 Å². The van der Waals surface area contributed by atoms with E-state index in [2.05, 4.69) is 65.2 Å². The Morgan fingerprint density at radius 1 is 0.822 bits per heavy atom. The molecule has 73 heavy (non-hydrogen) atoms. The third kappa shape index (κ3) is 14.3. The number of carbonyl (C=O) groups excluding carboxylic acids is 4. The van der Waals surface area contributed by atoms with Gasteiger partial charge in [0.15, 0.2) is 14.1 Å². The zero-order valence-electron chi connectivity index (χ0n) is 43.0. The van der Waals surface area contributed by atoms with E-state index >= 15 is 0 Å². The predicted octanol–water partition coefficient (Wildman–Crippen LogP) is 10.3. The molecule has 6 N–H and O–H groups in total. The molecular weight excluding hydrogens is 967 g/mol. The maximum Gasteiger partial charge on any atom is 0.411 e. The number of aromatic nitrogens is 3. The molecule has 396 valence electrons. The Bertz CT molecular complexity index is 2600. The number of ether oxygens (including phenoxy) is 1. The Morgan fingerprint density at radius 3 is 2.01 bits per heavy atom. The van der Waals surface area contributed by atoms with Crippen molar-refractivity contribution < 1.29 is 55.8 Å². The fourth-order valence-electron chi connectivity index (χ4n) is 8.79. The van der Waals surface area contributed by atoms with E-state index in [1.807, 2.05) is 49.4 Å². The molecule has 15 nitrogen and oxygen atoms in total. The minimum absolute atomic E-state index is 0.0753. The number of aryl methyl sites for hydroxylation is 1. The van der Waals surface area contributed by atoms with Crippen LogP contribution in [0.25, 0.3) is 22.5 Å². The molecule has 4 amide bonds. The number of amides is 4. The normalized spacial score (nSPS) is 19.3. The third-order valence-corrected chi connectivity index (χ3v) is 18.6. The largest absolute Gasteiger partial charge is 0.477 e. The van der Waals surface area contributed by atoms with Gasteiger partial charge in [-0.15, -0.1) is 0 Å². The van der Waals surface area contributed by atoms with Crippen LogP contribution in [-0.4, -0.2) is 94.6 Å². The smallest absolute Gasteiger partial charge is 0.411 e. The van der Waals surface area contributed by atoms with Crippen LogP contribution in [0.2, 0.25) is 18.1 Å². The Morgan fingerprint density at radius 2 is 1.44 bits per heavy atom. The first-order chi connectivity index (χ1) is 34.0. The van der Waals surface area contributed by atoms with Crippen LogP contribution >= 0.6 is 0 Å². The van der Waals surface area contributed by atoms with Crippen molar-refractivity contribution in [3.63, 3.8) is 0 Å². The molecule has 1 aromatic heterocycles. The summed E-state index contributed by atoms with van der Waals surface area (Å²) in [6.07, 6.45) is 5.76. The van der Waals surface area contributed by atoms with Gasteiger partial charge in [0.05, 0.1) is 0 Å². The summed E-state index contributed by atoms with van der Waals surface area (Å²) in [5.74, 6) is -17.0.